The summed E-state index contributed by atoms with van der Waals surface area (Å²) in [7, 11) is 0. The zero-order chi connectivity index (χ0) is 32.3. The first-order chi connectivity index (χ1) is 19.1. The van der Waals surface area contributed by atoms with Crippen molar-refractivity contribution < 1.29 is 52.3 Å². The summed E-state index contributed by atoms with van der Waals surface area (Å²) in [6, 6.07) is 3.23. The van der Waals surface area contributed by atoms with E-state index in [0.717, 1.165) is 0 Å². The molecule has 0 aliphatic carbocycles. The van der Waals surface area contributed by atoms with E-state index >= 15 is 0 Å². The van der Waals surface area contributed by atoms with Gasteiger partial charge in [-0.25, -0.2) is 14.4 Å². The van der Waals surface area contributed by atoms with Gasteiger partial charge in [0.1, 0.15) is 18.8 Å². The lowest BCUT2D eigenvalue weighted by atomic mass is 9.99. The molecule has 1 rings (SSSR count). The number of carbonyl (C=O) groups excluding carboxylic acids is 4. The first kappa shape index (κ1) is 36.5. The molecule has 12 heteroatoms. The molecule has 2 N–H and O–H groups in total. The molecule has 42 heavy (non-hydrogen) atoms. The molecule has 0 unspecified atom stereocenters. The summed E-state index contributed by atoms with van der Waals surface area (Å²) in [5.41, 5.74) is 5.69. The molecule has 12 nitrogen and oxygen atoms in total. The van der Waals surface area contributed by atoms with Crippen LogP contribution in [0.25, 0.3) is 0 Å². The Morgan fingerprint density at radius 3 is 1.62 bits per heavy atom. The number of ether oxygens (including phenoxy) is 7. The molecule has 0 heterocycles. The summed E-state index contributed by atoms with van der Waals surface area (Å²) >= 11 is 0. The summed E-state index contributed by atoms with van der Waals surface area (Å²) < 4.78 is 36.2. The SMILES string of the molecule is C[C@@H](COC(=O)[C@@H](N)Cc1ccc(OC(=O)OCC(C)(C)C)c(OC(=O)OCC(C)(C)C)c1)OC(=O)OCC(C)(C)C. The summed E-state index contributed by atoms with van der Waals surface area (Å²) in [6.45, 7) is 18.7. The number of esters is 1. The van der Waals surface area contributed by atoms with Crippen molar-refractivity contribution in [3.63, 3.8) is 0 Å². The van der Waals surface area contributed by atoms with Crippen LogP contribution in [0.2, 0.25) is 0 Å². The van der Waals surface area contributed by atoms with Crippen molar-refractivity contribution in [1.29, 1.82) is 0 Å². The van der Waals surface area contributed by atoms with Gasteiger partial charge in [-0.15, -0.1) is 0 Å². The summed E-state index contributed by atoms with van der Waals surface area (Å²) in [4.78, 5) is 48.9. The van der Waals surface area contributed by atoms with E-state index in [-0.39, 0.29) is 60.6 Å². The third-order valence-corrected chi connectivity index (χ3v) is 4.78. The fourth-order valence-electron chi connectivity index (χ4n) is 2.78. The van der Waals surface area contributed by atoms with Gasteiger partial charge in [-0.2, -0.15) is 0 Å². The van der Waals surface area contributed by atoms with Crippen molar-refractivity contribution in [3.05, 3.63) is 23.8 Å². The summed E-state index contributed by atoms with van der Waals surface area (Å²) in [5, 5.41) is 0. The van der Waals surface area contributed by atoms with Crippen LogP contribution in [0.1, 0.15) is 74.8 Å². The molecule has 0 amide bonds. The maximum Gasteiger partial charge on any atom is 0.513 e. The second kappa shape index (κ2) is 15.6. The van der Waals surface area contributed by atoms with E-state index in [0.29, 0.717) is 5.56 Å². The van der Waals surface area contributed by atoms with Gasteiger partial charge in [-0.3, -0.25) is 4.79 Å². The molecule has 2 atom stereocenters. The number of nitrogens with two attached hydrogens (primary N) is 1. The van der Waals surface area contributed by atoms with Gasteiger partial charge in [-0.05, 0) is 47.3 Å². The smallest absolute Gasteiger partial charge is 0.461 e. The van der Waals surface area contributed by atoms with Crippen molar-refractivity contribution in [1.82, 2.24) is 0 Å². The maximum absolute atomic E-state index is 12.5. The minimum absolute atomic E-state index is 0.0101. The Labute approximate surface area is 248 Å². The average Bonchev–Trinajstić information content (AvgIpc) is 2.84. The van der Waals surface area contributed by atoms with Gasteiger partial charge in [0.25, 0.3) is 0 Å². The zero-order valence-electron chi connectivity index (χ0n) is 26.5. The highest BCUT2D eigenvalue weighted by atomic mass is 16.7. The Morgan fingerprint density at radius 2 is 1.14 bits per heavy atom. The third-order valence-electron chi connectivity index (χ3n) is 4.78. The Bertz CT molecular complexity index is 1060. The highest BCUT2D eigenvalue weighted by Crippen LogP contribution is 2.30. The number of hydrogen-bond donors (Lipinski definition) is 1. The van der Waals surface area contributed by atoms with Crippen LogP contribution in [0, 0.1) is 16.2 Å². The summed E-state index contributed by atoms with van der Waals surface area (Å²) in [5.74, 6) is -0.965. The van der Waals surface area contributed by atoms with E-state index in [2.05, 4.69) is 0 Å². The van der Waals surface area contributed by atoms with Crippen LogP contribution in [-0.4, -0.2) is 63.0 Å². The normalized spacial score (nSPS) is 13.3. The summed E-state index contributed by atoms with van der Waals surface area (Å²) in [6.07, 6.45) is -3.62. The standard InChI is InChI=1S/C30H47NO11/c1-19(40-25(33)37-16-28(2,3)4)15-36-24(32)21(31)13-20-11-12-22(41-26(34)38-17-29(5,6)7)23(14-20)42-27(35)39-18-30(8,9)10/h11-12,14,19,21H,13,15-18,31H2,1-10H3/t19-,21-/m0/s1. The molecular weight excluding hydrogens is 550 g/mol. The van der Waals surface area contributed by atoms with Gasteiger partial charge < -0.3 is 38.9 Å². The molecule has 0 radical (unpaired) electrons. The fraction of sp³-hybridized carbons (Fsp3) is 0.667. The van der Waals surface area contributed by atoms with Gasteiger partial charge in [0, 0.05) is 0 Å². The van der Waals surface area contributed by atoms with E-state index in [1.807, 2.05) is 62.3 Å². The number of benzene rings is 1. The second-order valence-electron chi connectivity index (χ2n) is 13.7. The van der Waals surface area contributed by atoms with Gasteiger partial charge in [-0.1, -0.05) is 68.4 Å². The van der Waals surface area contributed by atoms with Gasteiger partial charge in [0.2, 0.25) is 0 Å². The van der Waals surface area contributed by atoms with Crippen molar-refractivity contribution in [2.75, 3.05) is 26.4 Å². The predicted molar refractivity (Wildman–Crippen MR) is 153 cm³/mol. The molecule has 0 aromatic heterocycles. The van der Waals surface area contributed by atoms with Gasteiger partial charge >= 0.3 is 24.4 Å². The maximum atomic E-state index is 12.5. The molecule has 0 bridgehead atoms. The largest absolute Gasteiger partial charge is 0.513 e. The molecule has 0 saturated heterocycles. The van der Waals surface area contributed by atoms with Crippen LogP contribution in [-0.2, 0) is 34.9 Å². The number of rotatable bonds is 11. The molecule has 238 valence electrons. The molecule has 1 aromatic rings. The molecule has 0 spiro atoms. The first-order valence-electron chi connectivity index (χ1n) is 13.7. The Balaban J connectivity index is 2.87. The second-order valence-corrected chi connectivity index (χ2v) is 13.7. The lowest BCUT2D eigenvalue weighted by Gasteiger charge is -2.20. The van der Waals surface area contributed by atoms with Gasteiger partial charge in [0.05, 0.1) is 19.8 Å². The molecule has 0 aliphatic heterocycles. The minimum Gasteiger partial charge on any atom is -0.461 e. The van der Waals surface area contributed by atoms with Crippen LogP contribution >= 0.6 is 0 Å². The average molecular weight is 598 g/mol. The molecule has 1 aromatic carbocycles. The molecule has 0 fully saturated rings. The van der Waals surface area contributed by atoms with Crippen molar-refractivity contribution in [2.24, 2.45) is 22.0 Å². The highest BCUT2D eigenvalue weighted by Gasteiger charge is 2.23. The lowest BCUT2D eigenvalue weighted by molar-refractivity contribution is -0.148. The molecule has 0 aliphatic rings. The lowest BCUT2D eigenvalue weighted by Crippen LogP contribution is -2.36. The van der Waals surface area contributed by atoms with E-state index in [1.54, 1.807) is 13.0 Å². The van der Waals surface area contributed by atoms with E-state index in [9.17, 15) is 19.2 Å². The zero-order valence-corrected chi connectivity index (χ0v) is 26.5. The molecular formula is C30H47NO11. The van der Waals surface area contributed by atoms with Crippen LogP contribution in [0.3, 0.4) is 0 Å². The quantitative estimate of drug-likeness (QED) is 0.186. The van der Waals surface area contributed by atoms with Crippen molar-refractivity contribution in [2.45, 2.75) is 87.8 Å². The monoisotopic (exact) mass is 597 g/mol. The third kappa shape index (κ3) is 16.7. The van der Waals surface area contributed by atoms with Crippen molar-refractivity contribution in [3.8, 4) is 11.5 Å². The first-order valence-corrected chi connectivity index (χ1v) is 13.7. The van der Waals surface area contributed by atoms with E-state index in [1.165, 1.54) is 12.1 Å². The number of carbonyl (C=O) groups is 4. The van der Waals surface area contributed by atoms with Crippen molar-refractivity contribution >= 4 is 24.4 Å². The topological polar surface area (TPSA) is 159 Å². The van der Waals surface area contributed by atoms with Crippen LogP contribution < -0.4 is 15.2 Å². The Hall–Kier alpha value is -3.54. The fourth-order valence-corrected chi connectivity index (χ4v) is 2.78. The Kier molecular flexibility index (Phi) is 13.6. The minimum atomic E-state index is -1.10. The van der Waals surface area contributed by atoms with E-state index < -0.39 is 36.6 Å². The van der Waals surface area contributed by atoms with Crippen LogP contribution in [0.5, 0.6) is 11.5 Å². The van der Waals surface area contributed by atoms with Crippen LogP contribution in [0.4, 0.5) is 14.4 Å². The Morgan fingerprint density at radius 1 is 0.690 bits per heavy atom. The van der Waals surface area contributed by atoms with Gasteiger partial charge in [0.15, 0.2) is 11.5 Å². The predicted octanol–water partition coefficient (Wildman–Crippen LogP) is 5.81. The molecule has 0 saturated carbocycles. The van der Waals surface area contributed by atoms with Crippen LogP contribution in [0.15, 0.2) is 18.2 Å². The van der Waals surface area contributed by atoms with E-state index in [4.69, 9.17) is 38.9 Å². The highest BCUT2D eigenvalue weighted by molar-refractivity contribution is 5.76. The number of hydrogen-bond acceptors (Lipinski definition) is 12.